The normalized spacial score (nSPS) is 11.3. The van der Waals surface area contributed by atoms with Crippen LogP contribution in [0, 0.1) is 0 Å². The van der Waals surface area contributed by atoms with Crippen LogP contribution in [0.4, 0.5) is 68.2 Å². The molecule has 0 atom stereocenters. The zero-order valence-corrected chi connectivity index (χ0v) is 47.8. The van der Waals surface area contributed by atoms with Crippen LogP contribution in [0.2, 0.25) is 0 Å². The molecule has 0 radical (unpaired) electrons. The Bertz CT molecular complexity index is 4680. The predicted molar refractivity (Wildman–Crippen MR) is 365 cm³/mol. The summed E-state index contributed by atoms with van der Waals surface area (Å²) in [5.74, 6) is 0. The first-order valence-electron chi connectivity index (χ1n) is 29.5. The van der Waals surface area contributed by atoms with Gasteiger partial charge in [0.25, 0.3) is 0 Å². The molecule has 0 saturated carbocycles. The number of rotatable bonds is 16. The summed E-state index contributed by atoms with van der Waals surface area (Å²) in [5.41, 5.74) is 19.9. The summed E-state index contributed by atoms with van der Waals surface area (Å²) in [5, 5.41) is 4.53. The Morgan fingerprint density at radius 2 is 0.432 bits per heavy atom. The molecule has 2 aromatic heterocycles. The van der Waals surface area contributed by atoms with E-state index in [9.17, 15) is 9.59 Å². The SMILES string of the molecule is O=Cc1ccc(-n2c3ccccc3c3cc(N(c4ccccc4)c4ccc(N(c5ccc(N(c6ccccc6)c6ccccc6)cc5)c5ccc(N(c6ccccc6)c6ccc7c(c6)c6ccccc6n7-c6ccc(C=O)cc6)cc5)cc4)ccc32)cc1. The first-order chi connectivity index (χ1) is 43.6. The van der Waals surface area contributed by atoms with Crippen LogP contribution in [-0.2, 0) is 0 Å². The van der Waals surface area contributed by atoms with Gasteiger partial charge in [0, 0.05) is 112 Å². The van der Waals surface area contributed by atoms with Gasteiger partial charge in [-0.2, -0.15) is 0 Å². The van der Waals surface area contributed by atoms with Gasteiger partial charge < -0.3 is 28.7 Å². The second kappa shape index (κ2) is 22.9. The van der Waals surface area contributed by atoms with Gasteiger partial charge in [0.05, 0.1) is 22.1 Å². The summed E-state index contributed by atoms with van der Waals surface area (Å²) in [7, 11) is 0. The highest BCUT2D eigenvalue weighted by Gasteiger charge is 2.23. The van der Waals surface area contributed by atoms with Crippen molar-refractivity contribution in [3.05, 3.63) is 339 Å². The largest absolute Gasteiger partial charge is 0.311 e. The van der Waals surface area contributed by atoms with Gasteiger partial charge in [-0.1, -0.05) is 109 Å². The number of fused-ring (bicyclic) bond motifs is 6. The van der Waals surface area contributed by atoms with E-state index in [1.807, 2.05) is 48.5 Å². The molecule has 0 amide bonds. The summed E-state index contributed by atoms with van der Waals surface area (Å²) in [6, 6.07) is 115. The molecule has 0 aliphatic rings. The standard InChI is InChI=1S/C80H56N6O2/c87-55-57-29-33-69(34-30-57)85-77-27-15-13-25-73(77)75-53-71(49-51-79(75)85)83(61-21-9-3-10-22-61)67-45-41-65(42-46-67)82(64-39-37-63(38-40-64)81(59-17-5-1-6-18-59)60-19-7-2-8-20-60)66-43-47-68(48-44-66)84(62-23-11-4-12-24-62)72-50-52-80-76(54-72)74-26-14-16-28-78(74)86(80)70-35-31-58(56-88)32-36-70/h1-56H. The van der Waals surface area contributed by atoms with Gasteiger partial charge in [-0.25, -0.2) is 0 Å². The number of benzene rings is 13. The van der Waals surface area contributed by atoms with Crippen molar-refractivity contribution in [1.82, 2.24) is 9.13 Å². The molecular formula is C80H56N6O2. The van der Waals surface area contributed by atoms with Crippen molar-refractivity contribution in [1.29, 1.82) is 0 Å². The molecule has 15 aromatic rings. The van der Waals surface area contributed by atoms with E-state index in [1.165, 1.54) is 0 Å². The lowest BCUT2D eigenvalue weighted by molar-refractivity contribution is 0.111. The molecule has 0 saturated heterocycles. The summed E-state index contributed by atoms with van der Waals surface area (Å²) in [4.78, 5) is 32.6. The van der Waals surface area contributed by atoms with Crippen molar-refractivity contribution in [3.8, 4) is 11.4 Å². The third kappa shape index (κ3) is 9.66. The van der Waals surface area contributed by atoms with Gasteiger partial charge in [0.2, 0.25) is 0 Å². The Morgan fingerprint density at radius 3 is 0.716 bits per heavy atom. The van der Waals surface area contributed by atoms with Crippen LogP contribution in [0.25, 0.3) is 55.0 Å². The molecule has 418 valence electrons. The molecule has 15 rings (SSSR count). The van der Waals surface area contributed by atoms with Crippen LogP contribution in [0.1, 0.15) is 20.7 Å². The van der Waals surface area contributed by atoms with Gasteiger partial charge in [0.1, 0.15) is 12.6 Å². The molecule has 8 nitrogen and oxygen atoms in total. The topological polar surface area (TPSA) is 57.0 Å². The maximum Gasteiger partial charge on any atom is 0.150 e. The second-order valence-corrected chi connectivity index (χ2v) is 21.8. The first-order valence-corrected chi connectivity index (χ1v) is 29.5. The molecule has 0 N–H and O–H groups in total. The third-order valence-corrected chi connectivity index (χ3v) is 16.6. The van der Waals surface area contributed by atoms with Crippen LogP contribution in [-0.4, -0.2) is 21.7 Å². The number of hydrogen-bond acceptors (Lipinski definition) is 6. The van der Waals surface area contributed by atoms with Gasteiger partial charge in [-0.15, -0.1) is 0 Å². The highest BCUT2D eigenvalue weighted by atomic mass is 16.1. The summed E-state index contributed by atoms with van der Waals surface area (Å²) < 4.78 is 4.55. The highest BCUT2D eigenvalue weighted by Crippen LogP contribution is 2.45. The average molecular weight is 1130 g/mol. The fourth-order valence-corrected chi connectivity index (χ4v) is 12.5. The Morgan fingerprint density at radius 1 is 0.205 bits per heavy atom. The molecule has 13 aromatic carbocycles. The monoisotopic (exact) mass is 1130 g/mol. The summed E-state index contributed by atoms with van der Waals surface area (Å²) in [6.07, 6.45) is 1.77. The van der Waals surface area contributed by atoms with E-state index >= 15 is 0 Å². The number of hydrogen-bond donors (Lipinski definition) is 0. The molecular weight excluding hydrogens is 1080 g/mol. The highest BCUT2D eigenvalue weighted by molar-refractivity contribution is 6.12. The molecule has 8 heteroatoms. The van der Waals surface area contributed by atoms with Crippen molar-refractivity contribution in [2.45, 2.75) is 0 Å². The van der Waals surface area contributed by atoms with E-state index < -0.39 is 0 Å². The van der Waals surface area contributed by atoms with Gasteiger partial charge in [0.15, 0.2) is 0 Å². The van der Waals surface area contributed by atoms with E-state index in [0.717, 1.165) is 136 Å². The fourth-order valence-electron chi connectivity index (χ4n) is 12.5. The van der Waals surface area contributed by atoms with Gasteiger partial charge >= 0.3 is 0 Å². The van der Waals surface area contributed by atoms with E-state index in [-0.39, 0.29) is 0 Å². The second-order valence-electron chi connectivity index (χ2n) is 21.8. The van der Waals surface area contributed by atoms with Crippen molar-refractivity contribution in [2.75, 3.05) is 19.6 Å². The summed E-state index contributed by atoms with van der Waals surface area (Å²) >= 11 is 0. The van der Waals surface area contributed by atoms with E-state index in [1.54, 1.807) is 0 Å². The average Bonchev–Trinajstić information content (AvgIpc) is 1.96. The number of carbonyl (C=O) groups excluding carboxylic acids is 2. The van der Waals surface area contributed by atoms with Crippen molar-refractivity contribution in [3.63, 3.8) is 0 Å². The maximum atomic E-state index is 11.6. The Balaban J connectivity index is 0.839. The number of anilines is 12. The van der Waals surface area contributed by atoms with Crippen LogP contribution < -0.4 is 19.6 Å². The molecule has 2 heterocycles. The lowest BCUT2D eigenvalue weighted by Crippen LogP contribution is -2.14. The van der Waals surface area contributed by atoms with Gasteiger partial charge in [-0.05, 0) is 218 Å². The van der Waals surface area contributed by atoms with E-state index in [4.69, 9.17) is 0 Å². The molecule has 0 fully saturated rings. The molecule has 0 aliphatic heterocycles. The molecule has 0 unspecified atom stereocenters. The molecule has 88 heavy (non-hydrogen) atoms. The number of aromatic nitrogens is 2. The fraction of sp³-hybridized carbons (Fsp3) is 0. The van der Waals surface area contributed by atoms with Crippen molar-refractivity contribution < 1.29 is 9.59 Å². The summed E-state index contributed by atoms with van der Waals surface area (Å²) in [6.45, 7) is 0. The van der Waals surface area contributed by atoms with Gasteiger partial charge in [-0.3, -0.25) is 9.59 Å². The zero-order chi connectivity index (χ0) is 58.9. The minimum absolute atomic E-state index is 0.642. The Hall–Kier alpha value is -12.0. The van der Waals surface area contributed by atoms with Crippen molar-refractivity contribution >= 4 is 124 Å². The molecule has 0 aliphatic carbocycles. The smallest absolute Gasteiger partial charge is 0.150 e. The Kier molecular flexibility index (Phi) is 13.7. The Labute approximate surface area is 510 Å². The minimum atomic E-state index is 0.642. The molecule has 0 bridgehead atoms. The number of para-hydroxylation sites is 6. The van der Waals surface area contributed by atoms with Crippen LogP contribution in [0.3, 0.4) is 0 Å². The van der Waals surface area contributed by atoms with E-state index in [2.05, 4.69) is 308 Å². The lowest BCUT2D eigenvalue weighted by atomic mass is 10.1. The number of aldehydes is 2. The zero-order valence-electron chi connectivity index (χ0n) is 47.8. The van der Waals surface area contributed by atoms with Crippen LogP contribution >= 0.6 is 0 Å². The predicted octanol–water partition coefficient (Wildman–Crippen LogP) is 21.4. The van der Waals surface area contributed by atoms with Crippen LogP contribution in [0.15, 0.2) is 328 Å². The quantitative estimate of drug-likeness (QED) is 0.0899. The van der Waals surface area contributed by atoms with Crippen LogP contribution in [0.5, 0.6) is 0 Å². The number of carbonyl (C=O) groups is 2. The lowest BCUT2D eigenvalue weighted by Gasteiger charge is -2.30. The molecule has 0 spiro atoms. The maximum absolute atomic E-state index is 11.6. The first kappa shape index (κ1) is 52.8. The van der Waals surface area contributed by atoms with E-state index in [0.29, 0.717) is 11.1 Å². The minimum Gasteiger partial charge on any atom is -0.311 e. The van der Waals surface area contributed by atoms with Crippen molar-refractivity contribution in [2.24, 2.45) is 0 Å². The number of nitrogens with zero attached hydrogens (tertiary/aromatic N) is 6. The third-order valence-electron chi connectivity index (χ3n) is 16.6.